The van der Waals surface area contributed by atoms with Gasteiger partial charge in [-0.2, -0.15) is 4.99 Å². The van der Waals surface area contributed by atoms with Gasteiger partial charge in [-0.1, -0.05) is 0 Å². The molecule has 2 rings (SSSR count). The topological polar surface area (TPSA) is 38.7 Å². The first-order valence-electron chi connectivity index (χ1n) is 5.99. The Balaban J connectivity index is 2.64. The molecule has 1 aliphatic carbocycles. The molecular weight excluding hydrogens is 294 g/mol. The molecule has 18 heavy (non-hydrogen) atoms. The van der Waals surface area contributed by atoms with Crippen LogP contribution in [0.4, 0.5) is 0 Å². The van der Waals surface area contributed by atoms with E-state index in [4.69, 9.17) is 4.74 Å². The Morgan fingerprint density at radius 2 is 2.11 bits per heavy atom. The fourth-order valence-electron chi connectivity index (χ4n) is 2.80. The quantitative estimate of drug-likeness (QED) is 0.629. The number of isocyanates is 1. The van der Waals surface area contributed by atoms with Crippen molar-refractivity contribution in [3.63, 3.8) is 0 Å². The van der Waals surface area contributed by atoms with Gasteiger partial charge in [-0.25, -0.2) is 4.79 Å². The van der Waals surface area contributed by atoms with Crippen molar-refractivity contribution < 1.29 is 9.53 Å². The number of aryl methyl sites for hydroxylation is 1. The molecular formula is C14H16BrNO2. The van der Waals surface area contributed by atoms with Crippen molar-refractivity contribution in [2.75, 3.05) is 7.11 Å². The first kappa shape index (κ1) is 13.3. The lowest BCUT2D eigenvalue weighted by Gasteiger charge is -2.39. The first-order chi connectivity index (χ1) is 8.55. The summed E-state index contributed by atoms with van der Waals surface area (Å²) in [4.78, 5) is 14.8. The van der Waals surface area contributed by atoms with Crippen molar-refractivity contribution in [1.29, 1.82) is 0 Å². The van der Waals surface area contributed by atoms with Gasteiger partial charge in [-0.05, 0) is 71.8 Å². The Bertz CT molecular complexity index is 529. The molecule has 1 aromatic carbocycles. The number of aliphatic imine (C=N–C) groups is 1. The molecule has 1 aromatic rings. The molecule has 0 N–H and O–H groups in total. The van der Waals surface area contributed by atoms with Crippen LogP contribution in [0.3, 0.4) is 0 Å². The summed E-state index contributed by atoms with van der Waals surface area (Å²) in [6.45, 7) is 4.08. The largest absolute Gasteiger partial charge is 0.496 e. The predicted octanol–water partition coefficient (Wildman–Crippen LogP) is 3.79. The van der Waals surface area contributed by atoms with E-state index in [-0.39, 0.29) is 5.54 Å². The van der Waals surface area contributed by atoms with Gasteiger partial charge < -0.3 is 4.74 Å². The van der Waals surface area contributed by atoms with Crippen molar-refractivity contribution in [2.45, 2.75) is 38.6 Å². The van der Waals surface area contributed by atoms with E-state index in [0.717, 1.165) is 46.2 Å². The molecule has 0 atom stereocenters. The summed E-state index contributed by atoms with van der Waals surface area (Å²) in [5.74, 6) is 0.818. The molecule has 0 radical (unpaired) electrons. The maximum Gasteiger partial charge on any atom is 0.235 e. The van der Waals surface area contributed by atoms with Crippen molar-refractivity contribution >= 4 is 22.0 Å². The van der Waals surface area contributed by atoms with E-state index in [1.807, 2.05) is 19.9 Å². The average Bonchev–Trinajstić information content (AvgIpc) is 2.30. The number of halogens is 1. The van der Waals surface area contributed by atoms with Crippen LogP contribution in [0.15, 0.2) is 15.5 Å². The van der Waals surface area contributed by atoms with Crippen LogP contribution in [-0.2, 0) is 10.3 Å². The minimum absolute atomic E-state index is 0.356. The standard InChI is InChI=1S/C14H16BrNO2/c1-9-7-11(18-3)13(15)10(2)12(9)14(16-8-17)5-4-6-14/h7H,4-6H2,1-3H3. The smallest absolute Gasteiger partial charge is 0.235 e. The van der Waals surface area contributed by atoms with Crippen molar-refractivity contribution in [2.24, 2.45) is 4.99 Å². The van der Waals surface area contributed by atoms with Gasteiger partial charge in [0.1, 0.15) is 5.75 Å². The van der Waals surface area contributed by atoms with Crippen LogP contribution < -0.4 is 4.74 Å². The SMILES string of the molecule is COc1cc(C)c(C2(N=C=O)CCC2)c(C)c1Br. The van der Waals surface area contributed by atoms with Gasteiger partial charge >= 0.3 is 0 Å². The van der Waals surface area contributed by atoms with Crippen LogP contribution in [0.5, 0.6) is 5.75 Å². The highest BCUT2D eigenvalue weighted by atomic mass is 79.9. The van der Waals surface area contributed by atoms with Crippen molar-refractivity contribution in [3.8, 4) is 5.75 Å². The van der Waals surface area contributed by atoms with E-state index in [9.17, 15) is 4.79 Å². The molecule has 0 aliphatic heterocycles. The fourth-order valence-corrected chi connectivity index (χ4v) is 3.28. The van der Waals surface area contributed by atoms with E-state index in [0.29, 0.717) is 0 Å². The fraction of sp³-hybridized carbons (Fsp3) is 0.500. The third kappa shape index (κ3) is 1.90. The third-order valence-corrected chi connectivity index (χ3v) is 4.77. The second-order valence-electron chi connectivity index (χ2n) is 4.80. The molecule has 0 amide bonds. The normalized spacial score (nSPS) is 16.7. The number of nitrogens with zero attached hydrogens (tertiary/aromatic N) is 1. The Morgan fingerprint density at radius 1 is 1.44 bits per heavy atom. The molecule has 1 fully saturated rings. The first-order valence-corrected chi connectivity index (χ1v) is 6.78. The molecule has 96 valence electrons. The van der Waals surface area contributed by atoms with Gasteiger partial charge in [0.25, 0.3) is 0 Å². The number of ether oxygens (including phenoxy) is 1. The molecule has 1 saturated carbocycles. The molecule has 0 spiro atoms. The number of hydrogen-bond donors (Lipinski definition) is 0. The summed E-state index contributed by atoms with van der Waals surface area (Å²) < 4.78 is 6.27. The minimum atomic E-state index is -0.356. The average molecular weight is 310 g/mol. The Hall–Kier alpha value is -1.12. The number of rotatable bonds is 3. The zero-order chi connectivity index (χ0) is 13.3. The second-order valence-corrected chi connectivity index (χ2v) is 5.59. The molecule has 0 saturated heterocycles. The number of hydrogen-bond acceptors (Lipinski definition) is 3. The maximum atomic E-state index is 10.7. The van der Waals surface area contributed by atoms with Crippen LogP contribution in [0.1, 0.15) is 36.0 Å². The van der Waals surface area contributed by atoms with E-state index >= 15 is 0 Å². The summed E-state index contributed by atoms with van der Waals surface area (Å²) in [6, 6.07) is 1.99. The second kappa shape index (κ2) is 4.87. The zero-order valence-electron chi connectivity index (χ0n) is 10.8. The van der Waals surface area contributed by atoms with Gasteiger partial charge in [0, 0.05) is 0 Å². The Labute approximate surface area is 115 Å². The summed E-state index contributed by atoms with van der Waals surface area (Å²) >= 11 is 3.56. The predicted molar refractivity (Wildman–Crippen MR) is 73.8 cm³/mol. The van der Waals surface area contributed by atoms with E-state index in [2.05, 4.69) is 20.9 Å². The summed E-state index contributed by atoms with van der Waals surface area (Å²) in [5.41, 5.74) is 3.01. The number of carbonyl (C=O) groups excluding carboxylic acids is 1. The van der Waals surface area contributed by atoms with Gasteiger partial charge in [-0.15, -0.1) is 0 Å². The highest BCUT2D eigenvalue weighted by Gasteiger charge is 2.41. The molecule has 3 nitrogen and oxygen atoms in total. The molecule has 1 aliphatic rings. The summed E-state index contributed by atoms with van der Waals surface area (Å²) in [7, 11) is 1.65. The van der Waals surface area contributed by atoms with Crippen molar-refractivity contribution in [3.05, 3.63) is 27.2 Å². The van der Waals surface area contributed by atoms with Crippen LogP contribution in [0.25, 0.3) is 0 Å². The van der Waals surface area contributed by atoms with E-state index in [1.165, 1.54) is 0 Å². The van der Waals surface area contributed by atoms with Crippen LogP contribution in [0, 0.1) is 13.8 Å². The highest BCUT2D eigenvalue weighted by Crippen LogP contribution is 2.49. The van der Waals surface area contributed by atoms with Gasteiger partial charge in [0.15, 0.2) is 0 Å². The zero-order valence-corrected chi connectivity index (χ0v) is 12.4. The van der Waals surface area contributed by atoms with Crippen LogP contribution in [-0.4, -0.2) is 13.2 Å². The van der Waals surface area contributed by atoms with Crippen LogP contribution in [0.2, 0.25) is 0 Å². The molecule has 0 heterocycles. The van der Waals surface area contributed by atoms with Gasteiger partial charge in [0.2, 0.25) is 6.08 Å². The third-order valence-electron chi connectivity index (χ3n) is 3.79. The van der Waals surface area contributed by atoms with E-state index in [1.54, 1.807) is 13.2 Å². The van der Waals surface area contributed by atoms with E-state index < -0.39 is 0 Å². The number of benzene rings is 1. The van der Waals surface area contributed by atoms with Gasteiger partial charge in [-0.3, -0.25) is 0 Å². The number of methoxy groups -OCH3 is 1. The maximum absolute atomic E-state index is 10.7. The lowest BCUT2D eigenvalue weighted by molar-refractivity contribution is 0.253. The minimum Gasteiger partial charge on any atom is -0.496 e. The van der Waals surface area contributed by atoms with Crippen molar-refractivity contribution in [1.82, 2.24) is 0 Å². The monoisotopic (exact) mass is 309 g/mol. The highest BCUT2D eigenvalue weighted by molar-refractivity contribution is 9.10. The Kier molecular flexibility index (Phi) is 3.60. The molecule has 4 heteroatoms. The summed E-state index contributed by atoms with van der Waals surface area (Å²) in [6.07, 6.45) is 4.68. The summed E-state index contributed by atoms with van der Waals surface area (Å²) in [5, 5.41) is 0. The van der Waals surface area contributed by atoms with Crippen LogP contribution >= 0.6 is 15.9 Å². The lowest BCUT2D eigenvalue weighted by Crippen LogP contribution is -2.33. The molecule has 0 unspecified atom stereocenters. The lowest BCUT2D eigenvalue weighted by atomic mass is 9.69. The molecule has 0 bridgehead atoms. The Morgan fingerprint density at radius 3 is 2.56 bits per heavy atom. The molecule has 0 aromatic heterocycles. The van der Waals surface area contributed by atoms with Gasteiger partial charge in [0.05, 0.1) is 17.1 Å².